The molecule has 0 bridgehead atoms. The van der Waals surface area contributed by atoms with Crippen molar-refractivity contribution in [3.63, 3.8) is 0 Å². The zero-order valence-electron chi connectivity index (χ0n) is 14.6. The highest BCUT2D eigenvalue weighted by Crippen LogP contribution is 2.21. The molecule has 1 amide bonds. The van der Waals surface area contributed by atoms with Crippen LogP contribution in [0, 0.1) is 0 Å². The maximum absolute atomic E-state index is 12.2. The third-order valence-electron chi connectivity index (χ3n) is 3.91. The summed E-state index contributed by atoms with van der Waals surface area (Å²) in [4.78, 5) is 18.2. The van der Waals surface area contributed by atoms with E-state index in [0.29, 0.717) is 22.3 Å². The molecule has 6 heteroatoms. The van der Waals surface area contributed by atoms with E-state index in [4.69, 9.17) is 23.2 Å². The first-order valence-corrected chi connectivity index (χ1v) is 9.16. The van der Waals surface area contributed by atoms with Gasteiger partial charge in [0, 0.05) is 30.2 Å². The maximum Gasteiger partial charge on any atom is 0.272 e. The number of nitrogens with zero attached hydrogens (tertiary/aromatic N) is 2. The van der Waals surface area contributed by atoms with Crippen molar-refractivity contribution in [3.8, 4) is 0 Å². The van der Waals surface area contributed by atoms with Crippen molar-refractivity contribution in [1.82, 2.24) is 9.88 Å². The monoisotopic (exact) mass is 379 g/mol. The standard InChI is InChI=1S/C19H23Cl2N3O/c1-3-4-11-24(2)19(25)18-8-7-16(13-23-18)22-10-9-14-5-6-15(20)12-17(14)21/h5-8,12-13,22H,3-4,9-11H2,1-2H3. The number of aromatic nitrogens is 1. The van der Waals surface area contributed by atoms with Crippen LogP contribution in [0.1, 0.15) is 35.8 Å². The normalized spacial score (nSPS) is 10.6. The SMILES string of the molecule is CCCCN(C)C(=O)c1ccc(NCCc2ccc(Cl)cc2Cl)cn1. The Labute approximate surface area is 159 Å². The van der Waals surface area contributed by atoms with Gasteiger partial charge < -0.3 is 10.2 Å². The van der Waals surface area contributed by atoms with E-state index < -0.39 is 0 Å². The molecule has 0 atom stereocenters. The van der Waals surface area contributed by atoms with Gasteiger partial charge >= 0.3 is 0 Å². The quantitative estimate of drug-likeness (QED) is 0.707. The lowest BCUT2D eigenvalue weighted by molar-refractivity contribution is 0.0787. The Morgan fingerprint density at radius 1 is 1.24 bits per heavy atom. The fourth-order valence-electron chi connectivity index (χ4n) is 2.38. The van der Waals surface area contributed by atoms with Crippen LogP contribution in [-0.2, 0) is 6.42 Å². The minimum Gasteiger partial charge on any atom is -0.383 e. The second-order valence-corrected chi connectivity index (χ2v) is 6.77. The number of hydrogen-bond acceptors (Lipinski definition) is 3. The van der Waals surface area contributed by atoms with Gasteiger partial charge in [0.05, 0.1) is 11.9 Å². The molecule has 0 unspecified atom stereocenters. The largest absolute Gasteiger partial charge is 0.383 e. The Morgan fingerprint density at radius 2 is 2.04 bits per heavy atom. The lowest BCUT2D eigenvalue weighted by atomic mass is 10.1. The molecule has 0 fully saturated rings. The predicted octanol–water partition coefficient (Wildman–Crippen LogP) is 4.92. The van der Waals surface area contributed by atoms with Crippen molar-refractivity contribution in [2.75, 3.05) is 25.5 Å². The number of benzene rings is 1. The number of hydrogen-bond donors (Lipinski definition) is 1. The molecule has 1 aromatic heterocycles. The number of carbonyl (C=O) groups excluding carboxylic acids is 1. The maximum atomic E-state index is 12.2. The number of halogens is 2. The van der Waals surface area contributed by atoms with Gasteiger partial charge in [-0.2, -0.15) is 0 Å². The molecule has 4 nitrogen and oxygen atoms in total. The van der Waals surface area contributed by atoms with E-state index in [2.05, 4.69) is 17.2 Å². The van der Waals surface area contributed by atoms with Gasteiger partial charge in [-0.3, -0.25) is 4.79 Å². The van der Waals surface area contributed by atoms with E-state index in [0.717, 1.165) is 37.1 Å². The summed E-state index contributed by atoms with van der Waals surface area (Å²) >= 11 is 12.1. The fraction of sp³-hybridized carbons (Fsp3) is 0.368. The summed E-state index contributed by atoms with van der Waals surface area (Å²) in [5.74, 6) is -0.0482. The summed E-state index contributed by atoms with van der Waals surface area (Å²) in [6, 6.07) is 9.13. The van der Waals surface area contributed by atoms with Crippen LogP contribution in [0.5, 0.6) is 0 Å². The number of anilines is 1. The summed E-state index contributed by atoms with van der Waals surface area (Å²) in [7, 11) is 1.81. The average molecular weight is 380 g/mol. The fourth-order valence-corrected chi connectivity index (χ4v) is 2.89. The van der Waals surface area contributed by atoms with E-state index in [1.807, 2.05) is 25.2 Å². The number of rotatable bonds is 8. The Kier molecular flexibility index (Phi) is 7.53. The van der Waals surface area contributed by atoms with Crippen molar-refractivity contribution in [3.05, 3.63) is 57.8 Å². The van der Waals surface area contributed by atoms with Crippen LogP contribution >= 0.6 is 23.2 Å². The van der Waals surface area contributed by atoms with Gasteiger partial charge in [0.1, 0.15) is 5.69 Å². The van der Waals surface area contributed by atoms with E-state index in [-0.39, 0.29) is 5.91 Å². The highest BCUT2D eigenvalue weighted by atomic mass is 35.5. The molecule has 0 aliphatic heterocycles. The van der Waals surface area contributed by atoms with E-state index in [9.17, 15) is 4.79 Å². The second kappa shape index (κ2) is 9.64. The van der Waals surface area contributed by atoms with Gasteiger partial charge in [-0.05, 0) is 42.7 Å². The predicted molar refractivity (Wildman–Crippen MR) is 105 cm³/mol. The number of nitrogens with one attached hydrogen (secondary N) is 1. The molecule has 0 aliphatic rings. The molecule has 0 aliphatic carbocycles. The van der Waals surface area contributed by atoms with Crippen molar-refractivity contribution >= 4 is 34.8 Å². The molecule has 1 heterocycles. The highest BCUT2D eigenvalue weighted by molar-refractivity contribution is 6.35. The van der Waals surface area contributed by atoms with E-state index in [1.165, 1.54) is 0 Å². The van der Waals surface area contributed by atoms with Crippen LogP contribution in [0.15, 0.2) is 36.5 Å². The van der Waals surface area contributed by atoms with Crippen LogP contribution in [-0.4, -0.2) is 35.9 Å². The minimum atomic E-state index is -0.0482. The van der Waals surface area contributed by atoms with Gasteiger partial charge in [-0.15, -0.1) is 0 Å². The van der Waals surface area contributed by atoms with Crippen molar-refractivity contribution in [1.29, 1.82) is 0 Å². The molecule has 0 spiro atoms. The van der Waals surface area contributed by atoms with Crippen molar-refractivity contribution in [2.45, 2.75) is 26.2 Å². The second-order valence-electron chi connectivity index (χ2n) is 5.92. The molecule has 2 aromatic rings. The first kappa shape index (κ1) is 19.5. The lowest BCUT2D eigenvalue weighted by Crippen LogP contribution is -2.28. The number of pyridine rings is 1. The van der Waals surface area contributed by atoms with Crippen LogP contribution in [0.4, 0.5) is 5.69 Å². The summed E-state index contributed by atoms with van der Waals surface area (Å²) < 4.78 is 0. The molecule has 0 radical (unpaired) electrons. The molecular formula is C19H23Cl2N3O. The molecule has 2 rings (SSSR count). The molecular weight excluding hydrogens is 357 g/mol. The molecule has 1 aromatic carbocycles. The molecule has 0 saturated carbocycles. The van der Waals surface area contributed by atoms with Crippen LogP contribution in [0.3, 0.4) is 0 Å². The molecule has 25 heavy (non-hydrogen) atoms. The average Bonchev–Trinajstić information content (AvgIpc) is 2.61. The van der Waals surface area contributed by atoms with Gasteiger partial charge in [0.15, 0.2) is 0 Å². The number of carbonyl (C=O) groups is 1. The van der Waals surface area contributed by atoms with E-state index >= 15 is 0 Å². The summed E-state index contributed by atoms with van der Waals surface area (Å²) in [6.45, 7) is 3.57. The topological polar surface area (TPSA) is 45.2 Å². The van der Waals surface area contributed by atoms with Gasteiger partial charge in [-0.25, -0.2) is 4.98 Å². The first-order valence-electron chi connectivity index (χ1n) is 8.40. The first-order chi connectivity index (χ1) is 12.0. The Balaban J connectivity index is 1.86. The van der Waals surface area contributed by atoms with Crippen LogP contribution < -0.4 is 5.32 Å². The molecule has 1 N–H and O–H groups in total. The van der Waals surface area contributed by atoms with Crippen LogP contribution in [0.2, 0.25) is 10.0 Å². The Morgan fingerprint density at radius 3 is 2.68 bits per heavy atom. The summed E-state index contributed by atoms with van der Waals surface area (Å²) in [6.07, 6.45) is 4.52. The zero-order valence-corrected chi connectivity index (χ0v) is 16.1. The number of amides is 1. The van der Waals surface area contributed by atoms with E-state index in [1.54, 1.807) is 23.2 Å². The third-order valence-corrected chi connectivity index (χ3v) is 4.50. The van der Waals surface area contributed by atoms with Gasteiger partial charge in [-0.1, -0.05) is 42.6 Å². The highest BCUT2D eigenvalue weighted by Gasteiger charge is 2.12. The number of unbranched alkanes of at least 4 members (excludes halogenated alkanes) is 1. The molecule has 0 saturated heterocycles. The Bertz CT molecular complexity index is 704. The van der Waals surface area contributed by atoms with Crippen molar-refractivity contribution < 1.29 is 4.79 Å². The van der Waals surface area contributed by atoms with Crippen LogP contribution in [0.25, 0.3) is 0 Å². The third kappa shape index (κ3) is 5.91. The summed E-state index contributed by atoms with van der Waals surface area (Å²) in [5.41, 5.74) is 2.37. The minimum absolute atomic E-state index is 0.0482. The Hall–Kier alpha value is -1.78. The zero-order chi connectivity index (χ0) is 18.2. The molecule has 134 valence electrons. The van der Waals surface area contributed by atoms with Gasteiger partial charge in [0.25, 0.3) is 5.91 Å². The smallest absolute Gasteiger partial charge is 0.272 e. The lowest BCUT2D eigenvalue weighted by Gasteiger charge is -2.16. The summed E-state index contributed by atoms with van der Waals surface area (Å²) in [5, 5.41) is 4.59. The van der Waals surface area contributed by atoms with Gasteiger partial charge in [0.2, 0.25) is 0 Å². The van der Waals surface area contributed by atoms with Crippen molar-refractivity contribution in [2.24, 2.45) is 0 Å².